The maximum Gasteiger partial charge on any atom is 0.274 e. The van der Waals surface area contributed by atoms with Crippen molar-refractivity contribution < 1.29 is 18.0 Å². The summed E-state index contributed by atoms with van der Waals surface area (Å²) >= 11 is 0. The molecule has 3 heterocycles. The summed E-state index contributed by atoms with van der Waals surface area (Å²) in [5, 5.41) is 10.2. The molecule has 168 valence electrons. The third kappa shape index (κ3) is 3.67. The van der Waals surface area contributed by atoms with Gasteiger partial charge in [-0.05, 0) is 42.5 Å². The van der Waals surface area contributed by atoms with Crippen LogP contribution in [0.15, 0.2) is 48.8 Å². The zero-order chi connectivity index (χ0) is 22.7. The Bertz CT molecular complexity index is 1380. The monoisotopic (exact) mass is 451 g/mol. The first kappa shape index (κ1) is 20.0. The highest BCUT2D eigenvalue weighted by molar-refractivity contribution is 6.04. The number of nitrogens with zero attached hydrogens (tertiary/aromatic N) is 3. The van der Waals surface area contributed by atoms with Crippen LogP contribution in [0.2, 0.25) is 0 Å². The molecule has 1 aromatic carbocycles. The van der Waals surface area contributed by atoms with Gasteiger partial charge < -0.3 is 5.32 Å². The highest BCUT2D eigenvalue weighted by Gasteiger charge is 2.46. The molecule has 1 amide bonds. The second kappa shape index (κ2) is 7.19. The highest BCUT2D eigenvalue weighted by Crippen LogP contribution is 2.48. The van der Waals surface area contributed by atoms with Crippen LogP contribution in [0.3, 0.4) is 0 Å². The smallest absolute Gasteiger partial charge is 0.274 e. The quantitative estimate of drug-likeness (QED) is 0.420. The van der Waals surface area contributed by atoms with Crippen LogP contribution in [0.1, 0.15) is 59.3 Å². The normalized spacial score (nSPS) is 17.8. The molecule has 6 nitrogen and oxygen atoms in total. The number of nitrogens with one attached hydrogen (secondary N) is 2. The molecule has 2 saturated carbocycles. The molecule has 0 atom stereocenters. The average molecular weight is 451 g/mol. The summed E-state index contributed by atoms with van der Waals surface area (Å²) < 4.78 is 41.5. The Morgan fingerprint density at radius 2 is 1.94 bits per heavy atom. The maximum absolute atomic E-state index is 13.5. The molecule has 0 aliphatic heterocycles. The van der Waals surface area contributed by atoms with E-state index in [-0.39, 0.29) is 24.7 Å². The molecule has 0 bridgehead atoms. The van der Waals surface area contributed by atoms with Crippen LogP contribution in [0, 0.1) is 5.82 Å². The molecule has 9 heteroatoms. The number of carbonyl (C=O) groups excluding carboxylic acids is 1. The Hall–Kier alpha value is -3.62. The number of rotatable bonds is 5. The van der Waals surface area contributed by atoms with Gasteiger partial charge in [-0.2, -0.15) is 5.10 Å². The minimum absolute atomic E-state index is 0.167. The minimum atomic E-state index is -2.59. The second-order valence-corrected chi connectivity index (χ2v) is 8.92. The van der Waals surface area contributed by atoms with Crippen molar-refractivity contribution in [2.24, 2.45) is 0 Å². The Balaban J connectivity index is 1.29. The van der Waals surface area contributed by atoms with E-state index >= 15 is 0 Å². The van der Waals surface area contributed by atoms with Gasteiger partial charge in [0.2, 0.25) is 5.92 Å². The summed E-state index contributed by atoms with van der Waals surface area (Å²) in [4.78, 5) is 17.2. The van der Waals surface area contributed by atoms with Gasteiger partial charge in [-0.3, -0.25) is 14.3 Å². The molecular formula is C24H20F3N5O. The number of pyridine rings is 1. The topological polar surface area (TPSA) is 75.1 Å². The number of halogens is 3. The van der Waals surface area contributed by atoms with Crippen molar-refractivity contribution in [1.82, 2.24) is 19.6 Å². The Morgan fingerprint density at radius 1 is 1.12 bits per heavy atom. The number of hydrogen-bond acceptors (Lipinski definition) is 3. The van der Waals surface area contributed by atoms with E-state index in [1.54, 1.807) is 6.07 Å². The fourth-order valence-electron chi connectivity index (χ4n) is 4.46. The molecule has 33 heavy (non-hydrogen) atoms. The van der Waals surface area contributed by atoms with Gasteiger partial charge >= 0.3 is 0 Å². The largest absolute Gasteiger partial charge is 0.320 e. The lowest BCUT2D eigenvalue weighted by molar-refractivity contribution is -0.0876. The summed E-state index contributed by atoms with van der Waals surface area (Å²) in [5.41, 5.74) is 4.49. The third-order valence-electron chi connectivity index (χ3n) is 6.45. The molecule has 2 fully saturated rings. The predicted molar refractivity (Wildman–Crippen MR) is 116 cm³/mol. The number of imidazole rings is 1. The molecule has 2 aliphatic rings. The molecule has 6 rings (SSSR count). The van der Waals surface area contributed by atoms with Crippen LogP contribution in [-0.4, -0.2) is 31.4 Å². The Morgan fingerprint density at radius 3 is 2.70 bits per heavy atom. The van der Waals surface area contributed by atoms with Crippen LogP contribution in [-0.2, 0) is 0 Å². The van der Waals surface area contributed by atoms with Gasteiger partial charge in [0, 0.05) is 48.0 Å². The first-order valence-corrected chi connectivity index (χ1v) is 10.9. The summed E-state index contributed by atoms with van der Waals surface area (Å²) in [5.74, 6) is -3.20. The third-order valence-corrected chi connectivity index (χ3v) is 6.45. The lowest BCUT2D eigenvalue weighted by atomic mass is 9.79. The number of alkyl halides is 2. The number of amides is 1. The lowest BCUT2D eigenvalue weighted by Gasteiger charge is -2.33. The van der Waals surface area contributed by atoms with Gasteiger partial charge in [0.15, 0.2) is 0 Å². The van der Waals surface area contributed by atoms with Crippen LogP contribution >= 0.6 is 0 Å². The molecular weight excluding hydrogens is 431 g/mol. The van der Waals surface area contributed by atoms with Crippen molar-refractivity contribution >= 4 is 17.2 Å². The summed E-state index contributed by atoms with van der Waals surface area (Å²) in [6, 6.07) is 10.1. The molecule has 0 unspecified atom stereocenters. The zero-order valence-electron chi connectivity index (χ0n) is 17.5. The zero-order valence-corrected chi connectivity index (χ0v) is 17.5. The molecule has 0 spiro atoms. The van der Waals surface area contributed by atoms with E-state index < -0.39 is 11.7 Å². The number of anilines is 1. The summed E-state index contributed by atoms with van der Waals surface area (Å²) in [7, 11) is 0. The molecule has 4 aromatic rings. The number of aromatic nitrogens is 4. The first-order valence-electron chi connectivity index (χ1n) is 10.9. The van der Waals surface area contributed by atoms with E-state index in [2.05, 4.69) is 20.5 Å². The predicted octanol–water partition coefficient (Wildman–Crippen LogP) is 5.51. The SMILES string of the molecule is O=C(Nc1cc(-c2cc(C3CC(F)(F)C3)[nH]n2)ccc1C1CC1)c1cnc2cc(F)ccn12. The number of hydrogen-bond donors (Lipinski definition) is 2. The van der Waals surface area contributed by atoms with Crippen molar-refractivity contribution in [3.05, 3.63) is 71.6 Å². The van der Waals surface area contributed by atoms with Crippen LogP contribution in [0.5, 0.6) is 0 Å². The summed E-state index contributed by atoms with van der Waals surface area (Å²) in [6.07, 6.45) is 4.66. The fraction of sp³-hybridized carbons (Fsp3) is 0.292. The average Bonchev–Trinajstić information content (AvgIpc) is 3.33. The Kier molecular flexibility index (Phi) is 4.36. The minimum Gasteiger partial charge on any atom is -0.320 e. The maximum atomic E-state index is 13.5. The first-order chi connectivity index (χ1) is 15.9. The van der Waals surface area contributed by atoms with E-state index in [9.17, 15) is 18.0 Å². The van der Waals surface area contributed by atoms with E-state index in [0.29, 0.717) is 34.3 Å². The van der Waals surface area contributed by atoms with Crippen molar-refractivity contribution in [2.75, 3.05) is 5.32 Å². The van der Waals surface area contributed by atoms with Crippen LogP contribution < -0.4 is 5.32 Å². The van der Waals surface area contributed by atoms with Crippen LogP contribution in [0.25, 0.3) is 16.9 Å². The van der Waals surface area contributed by atoms with E-state index in [4.69, 9.17) is 0 Å². The van der Waals surface area contributed by atoms with E-state index in [0.717, 1.165) is 24.0 Å². The van der Waals surface area contributed by atoms with Crippen molar-refractivity contribution in [2.45, 2.75) is 43.4 Å². The molecule has 0 radical (unpaired) electrons. The lowest BCUT2D eigenvalue weighted by Crippen LogP contribution is -2.33. The van der Waals surface area contributed by atoms with Gasteiger partial charge in [-0.1, -0.05) is 12.1 Å². The standard InChI is InChI=1S/C24H20F3N5O/c25-16-5-6-32-21(12-28-22(32)8-16)23(33)29-20-7-14(3-4-17(20)13-1-2-13)18-9-19(31-30-18)15-10-24(26,27)11-15/h3-9,12-13,15H,1-2,10-11H2,(H,29,33)(H,30,31). The van der Waals surface area contributed by atoms with Gasteiger partial charge in [0.1, 0.15) is 17.2 Å². The van der Waals surface area contributed by atoms with Gasteiger partial charge in [-0.25, -0.2) is 18.2 Å². The number of aromatic amines is 1. The molecule has 0 saturated heterocycles. The Labute approximate surface area is 186 Å². The number of H-pyrrole nitrogens is 1. The van der Waals surface area contributed by atoms with Crippen LogP contribution in [0.4, 0.5) is 18.9 Å². The summed E-state index contributed by atoms with van der Waals surface area (Å²) in [6.45, 7) is 0. The van der Waals surface area contributed by atoms with Gasteiger partial charge in [0.05, 0.1) is 11.9 Å². The van der Waals surface area contributed by atoms with Gasteiger partial charge in [0.25, 0.3) is 5.91 Å². The van der Waals surface area contributed by atoms with E-state index in [1.807, 2.05) is 18.2 Å². The number of fused-ring (bicyclic) bond motifs is 1. The van der Waals surface area contributed by atoms with E-state index in [1.165, 1.54) is 28.9 Å². The van der Waals surface area contributed by atoms with Gasteiger partial charge in [-0.15, -0.1) is 0 Å². The second-order valence-electron chi connectivity index (χ2n) is 8.92. The molecule has 2 N–H and O–H groups in total. The highest BCUT2D eigenvalue weighted by atomic mass is 19.3. The molecule has 2 aliphatic carbocycles. The number of benzene rings is 1. The molecule has 3 aromatic heterocycles. The van der Waals surface area contributed by atoms with Crippen molar-refractivity contribution in [1.29, 1.82) is 0 Å². The van der Waals surface area contributed by atoms with Crippen molar-refractivity contribution in [3.63, 3.8) is 0 Å². The fourth-order valence-corrected chi connectivity index (χ4v) is 4.46. The number of carbonyl (C=O) groups is 1. The van der Waals surface area contributed by atoms with Crippen molar-refractivity contribution in [3.8, 4) is 11.3 Å².